The summed E-state index contributed by atoms with van der Waals surface area (Å²) in [5, 5.41) is 3.89. The summed E-state index contributed by atoms with van der Waals surface area (Å²) in [7, 11) is 0. The monoisotopic (exact) mass is 264 g/mol. The Morgan fingerprint density at radius 2 is 2.00 bits per heavy atom. The van der Waals surface area contributed by atoms with Crippen molar-refractivity contribution >= 4 is 11.6 Å². The first-order valence-corrected chi connectivity index (χ1v) is 6.19. The minimum atomic E-state index is -0.307. The first-order valence-electron chi connectivity index (χ1n) is 5.81. The highest BCUT2D eigenvalue weighted by Gasteiger charge is 2.17. The van der Waals surface area contributed by atoms with Crippen LogP contribution in [0.4, 0.5) is 4.39 Å². The second-order valence-electron chi connectivity index (χ2n) is 3.91. The van der Waals surface area contributed by atoms with Crippen molar-refractivity contribution < 1.29 is 4.39 Å². The lowest BCUT2D eigenvalue weighted by Gasteiger charge is -2.18. The largest absolute Gasteiger partial charge is 0.305 e. The number of hydrogen-bond donors (Lipinski definition) is 1. The molecule has 1 atom stereocenters. The first-order chi connectivity index (χ1) is 8.72. The lowest BCUT2D eigenvalue weighted by Crippen LogP contribution is -2.24. The van der Waals surface area contributed by atoms with Gasteiger partial charge in [-0.15, -0.1) is 0 Å². The van der Waals surface area contributed by atoms with Gasteiger partial charge in [0.25, 0.3) is 0 Å². The van der Waals surface area contributed by atoms with E-state index in [1.54, 1.807) is 24.4 Å². The smallest absolute Gasteiger partial charge is 0.146 e. The highest BCUT2D eigenvalue weighted by atomic mass is 35.5. The third kappa shape index (κ3) is 2.86. The number of nitrogens with zero attached hydrogens (tertiary/aromatic N) is 1. The van der Waals surface area contributed by atoms with Gasteiger partial charge in [-0.05, 0) is 36.4 Å². The van der Waals surface area contributed by atoms with Gasteiger partial charge in [-0.2, -0.15) is 0 Å². The van der Waals surface area contributed by atoms with Crippen molar-refractivity contribution in [3.05, 3.63) is 64.7 Å². The molecule has 0 bridgehead atoms. The molecule has 4 heteroatoms. The van der Waals surface area contributed by atoms with E-state index in [1.165, 1.54) is 6.07 Å². The standard InChI is InChI=1S/C14H14ClFN2/c1-2-17-13(10-5-7-11(15)8-6-10)14-12(16)4-3-9-18-14/h3-9,13,17H,2H2,1H3. The van der Waals surface area contributed by atoms with Crippen molar-refractivity contribution in [1.29, 1.82) is 0 Å². The van der Waals surface area contributed by atoms with Gasteiger partial charge in [0.15, 0.2) is 0 Å². The van der Waals surface area contributed by atoms with Crippen LogP contribution in [0.25, 0.3) is 0 Å². The molecule has 0 aliphatic rings. The number of pyridine rings is 1. The number of benzene rings is 1. The molecule has 18 heavy (non-hydrogen) atoms. The van der Waals surface area contributed by atoms with Gasteiger partial charge in [0.1, 0.15) is 5.82 Å². The molecule has 1 heterocycles. The van der Waals surface area contributed by atoms with Crippen molar-refractivity contribution in [3.63, 3.8) is 0 Å². The quantitative estimate of drug-likeness (QED) is 0.913. The summed E-state index contributed by atoms with van der Waals surface area (Å²) in [5.41, 5.74) is 1.35. The number of nitrogens with one attached hydrogen (secondary N) is 1. The van der Waals surface area contributed by atoms with Crippen molar-refractivity contribution in [3.8, 4) is 0 Å². The second-order valence-corrected chi connectivity index (χ2v) is 4.35. The van der Waals surface area contributed by atoms with E-state index in [4.69, 9.17) is 11.6 Å². The maximum atomic E-state index is 13.8. The highest BCUT2D eigenvalue weighted by molar-refractivity contribution is 6.30. The maximum Gasteiger partial charge on any atom is 0.146 e. The third-order valence-corrected chi connectivity index (χ3v) is 2.92. The minimum Gasteiger partial charge on any atom is -0.305 e. The van der Waals surface area contributed by atoms with E-state index in [2.05, 4.69) is 10.3 Å². The van der Waals surface area contributed by atoms with E-state index < -0.39 is 0 Å². The molecule has 1 N–H and O–H groups in total. The molecule has 0 aliphatic heterocycles. The summed E-state index contributed by atoms with van der Waals surface area (Å²) >= 11 is 5.86. The van der Waals surface area contributed by atoms with Gasteiger partial charge in [-0.25, -0.2) is 4.39 Å². The van der Waals surface area contributed by atoms with Gasteiger partial charge in [0.2, 0.25) is 0 Å². The molecule has 0 saturated carbocycles. The molecule has 0 amide bonds. The van der Waals surface area contributed by atoms with Crippen LogP contribution in [0.5, 0.6) is 0 Å². The lowest BCUT2D eigenvalue weighted by molar-refractivity contribution is 0.543. The molecular weight excluding hydrogens is 251 g/mol. The Balaban J connectivity index is 2.40. The molecule has 2 aromatic rings. The molecule has 2 nitrogen and oxygen atoms in total. The van der Waals surface area contributed by atoms with E-state index in [0.29, 0.717) is 10.7 Å². The van der Waals surface area contributed by atoms with E-state index >= 15 is 0 Å². The Kier molecular flexibility index (Phi) is 4.28. The normalized spacial score (nSPS) is 12.4. The highest BCUT2D eigenvalue weighted by Crippen LogP contribution is 2.23. The van der Waals surface area contributed by atoms with E-state index in [9.17, 15) is 4.39 Å². The average molecular weight is 265 g/mol. The molecule has 1 aromatic heterocycles. The summed E-state index contributed by atoms with van der Waals surface area (Å²) in [6.07, 6.45) is 1.60. The molecule has 0 aliphatic carbocycles. The summed E-state index contributed by atoms with van der Waals surface area (Å²) in [6.45, 7) is 2.70. The molecule has 1 aromatic carbocycles. The number of rotatable bonds is 4. The number of aromatic nitrogens is 1. The average Bonchev–Trinajstić information content (AvgIpc) is 2.38. The Morgan fingerprint density at radius 3 is 2.61 bits per heavy atom. The Labute approximate surface area is 111 Å². The van der Waals surface area contributed by atoms with Crippen molar-refractivity contribution in [2.24, 2.45) is 0 Å². The molecule has 0 saturated heterocycles. The lowest BCUT2D eigenvalue weighted by atomic mass is 10.0. The van der Waals surface area contributed by atoms with Crippen LogP contribution in [0.2, 0.25) is 5.02 Å². The molecule has 1 unspecified atom stereocenters. The Hall–Kier alpha value is -1.45. The summed E-state index contributed by atoms with van der Waals surface area (Å²) in [5.74, 6) is -0.307. The van der Waals surface area contributed by atoms with Gasteiger partial charge in [0.05, 0.1) is 11.7 Å². The zero-order valence-electron chi connectivity index (χ0n) is 10.0. The van der Waals surface area contributed by atoms with Crippen LogP contribution >= 0.6 is 11.6 Å². The Bertz CT molecular complexity index is 513. The maximum absolute atomic E-state index is 13.8. The molecule has 0 radical (unpaired) electrons. The molecule has 2 rings (SSSR count). The van der Waals surface area contributed by atoms with Crippen LogP contribution in [0.15, 0.2) is 42.6 Å². The fourth-order valence-electron chi connectivity index (χ4n) is 1.84. The predicted octanol–water partition coefficient (Wildman–Crippen LogP) is 3.57. The van der Waals surface area contributed by atoms with Crippen molar-refractivity contribution in [2.45, 2.75) is 13.0 Å². The number of halogens is 2. The van der Waals surface area contributed by atoms with E-state index in [-0.39, 0.29) is 11.9 Å². The van der Waals surface area contributed by atoms with Crippen LogP contribution in [0.3, 0.4) is 0 Å². The third-order valence-electron chi connectivity index (χ3n) is 2.67. The topological polar surface area (TPSA) is 24.9 Å². The second kappa shape index (κ2) is 5.94. The molecular formula is C14H14ClFN2. The van der Waals surface area contributed by atoms with Crippen LogP contribution < -0.4 is 5.32 Å². The number of hydrogen-bond acceptors (Lipinski definition) is 2. The fraction of sp³-hybridized carbons (Fsp3) is 0.214. The van der Waals surface area contributed by atoms with Gasteiger partial charge in [-0.3, -0.25) is 4.98 Å². The van der Waals surface area contributed by atoms with Crippen molar-refractivity contribution in [1.82, 2.24) is 10.3 Å². The molecule has 0 fully saturated rings. The SMILES string of the molecule is CCNC(c1ccc(Cl)cc1)c1ncccc1F. The van der Waals surface area contributed by atoms with Crippen LogP contribution in [0.1, 0.15) is 24.2 Å². The van der Waals surface area contributed by atoms with Crippen molar-refractivity contribution in [2.75, 3.05) is 6.54 Å². The molecule has 0 spiro atoms. The summed E-state index contributed by atoms with van der Waals surface area (Å²) < 4.78 is 13.8. The Morgan fingerprint density at radius 1 is 1.28 bits per heavy atom. The van der Waals surface area contributed by atoms with Crippen LogP contribution in [-0.4, -0.2) is 11.5 Å². The van der Waals surface area contributed by atoms with Gasteiger partial charge in [0, 0.05) is 11.2 Å². The van der Waals surface area contributed by atoms with E-state index in [1.807, 2.05) is 19.1 Å². The minimum absolute atomic E-state index is 0.256. The first kappa shape index (κ1) is 13.0. The van der Waals surface area contributed by atoms with Gasteiger partial charge >= 0.3 is 0 Å². The fourth-order valence-corrected chi connectivity index (χ4v) is 1.97. The zero-order chi connectivity index (χ0) is 13.0. The van der Waals surface area contributed by atoms with Gasteiger partial charge < -0.3 is 5.32 Å². The van der Waals surface area contributed by atoms with Crippen LogP contribution in [-0.2, 0) is 0 Å². The van der Waals surface area contributed by atoms with Crippen LogP contribution in [0, 0.1) is 5.82 Å². The zero-order valence-corrected chi connectivity index (χ0v) is 10.8. The molecule has 94 valence electrons. The van der Waals surface area contributed by atoms with Gasteiger partial charge in [-0.1, -0.05) is 30.7 Å². The van der Waals surface area contributed by atoms with E-state index in [0.717, 1.165) is 12.1 Å². The predicted molar refractivity (Wildman–Crippen MR) is 71.2 cm³/mol. The summed E-state index contributed by atoms with van der Waals surface area (Å²) in [4.78, 5) is 4.13. The summed E-state index contributed by atoms with van der Waals surface area (Å²) in [6, 6.07) is 10.1.